The van der Waals surface area contributed by atoms with E-state index in [1.807, 2.05) is 0 Å². The van der Waals surface area contributed by atoms with Crippen LogP contribution in [0, 0.1) is 5.82 Å². The highest BCUT2D eigenvalue weighted by Gasteiger charge is 2.14. The summed E-state index contributed by atoms with van der Waals surface area (Å²) in [6.07, 6.45) is 1.05. The van der Waals surface area contributed by atoms with Gasteiger partial charge >= 0.3 is 5.97 Å². The molecule has 0 aliphatic heterocycles. The Bertz CT molecular complexity index is 880. The molecule has 0 bridgehead atoms. The number of hydrogen-bond acceptors (Lipinski definition) is 5. The van der Waals surface area contributed by atoms with Crippen LogP contribution in [0.3, 0.4) is 0 Å². The smallest absolute Gasteiger partial charge is 0.341 e. The van der Waals surface area contributed by atoms with Crippen LogP contribution in [-0.4, -0.2) is 33.2 Å². The highest BCUT2D eigenvalue weighted by atomic mass is 32.2. The fourth-order valence-corrected chi connectivity index (χ4v) is 2.50. The highest BCUT2D eigenvalue weighted by molar-refractivity contribution is 7.90. The Morgan fingerprint density at radius 1 is 1.12 bits per heavy atom. The van der Waals surface area contributed by atoms with E-state index in [0.717, 1.165) is 12.3 Å². The molecule has 0 aromatic heterocycles. The molecular weight excluding hydrogens is 337 g/mol. The van der Waals surface area contributed by atoms with E-state index in [1.54, 1.807) is 0 Å². The number of halogens is 1. The number of esters is 1. The van der Waals surface area contributed by atoms with E-state index >= 15 is 0 Å². The van der Waals surface area contributed by atoms with E-state index in [4.69, 9.17) is 4.74 Å². The molecule has 0 fully saturated rings. The van der Waals surface area contributed by atoms with Crippen LogP contribution in [-0.2, 0) is 19.4 Å². The summed E-state index contributed by atoms with van der Waals surface area (Å²) in [7, 11) is -3.41. The van der Waals surface area contributed by atoms with Crippen LogP contribution in [0.25, 0.3) is 0 Å². The maximum Gasteiger partial charge on any atom is 0.341 e. The van der Waals surface area contributed by atoms with E-state index in [2.05, 4.69) is 5.32 Å². The third-order valence-corrected chi connectivity index (χ3v) is 4.08. The molecule has 2 rings (SSSR count). The van der Waals surface area contributed by atoms with Crippen molar-refractivity contribution in [3.05, 3.63) is 59.9 Å². The van der Waals surface area contributed by atoms with Gasteiger partial charge in [0.15, 0.2) is 16.4 Å². The number of carbonyl (C=O) groups is 2. The van der Waals surface area contributed by atoms with Gasteiger partial charge in [0, 0.05) is 11.9 Å². The van der Waals surface area contributed by atoms with Crippen molar-refractivity contribution in [2.75, 3.05) is 18.2 Å². The Kier molecular flexibility index (Phi) is 5.30. The highest BCUT2D eigenvalue weighted by Crippen LogP contribution is 2.15. The Balaban J connectivity index is 1.97. The monoisotopic (exact) mass is 351 g/mol. The predicted octanol–water partition coefficient (Wildman–Crippen LogP) is 2.02. The number of sulfone groups is 1. The minimum Gasteiger partial charge on any atom is -0.452 e. The Hall–Kier alpha value is -2.74. The van der Waals surface area contributed by atoms with E-state index in [0.29, 0.717) is 0 Å². The normalized spacial score (nSPS) is 10.9. The molecule has 0 saturated heterocycles. The van der Waals surface area contributed by atoms with Gasteiger partial charge in [-0.2, -0.15) is 0 Å². The zero-order valence-electron chi connectivity index (χ0n) is 12.7. The molecule has 0 heterocycles. The summed E-state index contributed by atoms with van der Waals surface area (Å²) in [5, 5.41) is 2.40. The van der Waals surface area contributed by atoms with E-state index < -0.39 is 34.1 Å². The quantitative estimate of drug-likeness (QED) is 0.833. The Morgan fingerprint density at radius 3 is 2.50 bits per heavy atom. The first kappa shape index (κ1) is 17.6. The van der Waals surface area contributed by atoms with Crippen molar-refractivity contribution in [3.63, 3.8) is 0 Å². The second-order valence-electron chi connectivity index (χ2n) is 4.90. The predicted molar refractivity (Wildman–Crippen MR) is 84.9 cm³/mol. The molecule has 24 heavy (non-hydrogen) atoms. The number of rotatable bonds is 5. The minimum absolute atomic E-state index is 0.0450. The fraction of sp³-hybridized carbons (Fsp3) is 0.125. The van der Waals surface area contributed by atoms with Gasteiger partial charge in [-0.15, -0.1) is 0 Å². The molecule has 2 aromatic carbocycles. The summed E-state index contributed by atoms with van der Waals surface area (Å²) in [5.41, 5.74) is -0.0331. The van der Waals surface area contributed by atoms with Crippen LogP contribution < -0.4 is 5.32 Å². The molecule has 0 atom stereocenters. The summed E-state index contributed by atoms with van der Waals surface area (Å²) in [6, 6.07) is 10.9. The molecule has 8 heteroatoms. The van der Waals surface area contributed by atoms with E-state index in [1.165, 1.54) is 42.5 Å². The second-order valence-corrected chi connectivity index (χ2v) is 6.92. The lowest BCUT2D eigenvalue weighted by Crippen LogP contribution is -2.21. The zero-order chi connectivity index (χ0) is 17.7. The number of carbonyl (C=O) groups excluding carboxylic acids is 2. The first-order valence-corrected chi connectivity index (χ1v) is 8.68. The molecule has 2 aromatic rings. The molecule has 1 amide bonds. The van der Waals surface area contributed by atoms with Gasteiger partial charge in [-0.05, 0) is 30.3 Å². The molecule has 0 aliphatic rings. The van der Waals surface area contributed by atoms with Crippen LogP contribution >= 0.6 is 0 Å². The first-order valence-electron chi connectivity index (χ1n) is 6.79. The van der Waals surface area contributed by atoms with Gasteiger partial charge in [0.25, 0.3) is 5.91 Å². The van der Waals surface area contributed by atoms with Crippen molar-refractivity contribution in [1.29, 1.82) is 0 Å². The summed E-state index contributed by atoms with van der Waals surface area (Å²) in [5.74, 6) is -2.39. The fourth-order valence-electron chi connectivity index (χ4n) is 1.84. The second kappa shape index (κ2) is 7.22. The van der Waals surface area contributed by atoms with Gasteiger partial charge in [0.2, 0.25) is 0 Å². The molecule has 0 radical (unpaired) electrons. The first-order chi connectivity index (χ1) is 11.3. The number of benzene rings is 2. The Morgan fingerprint density at radius 2 is 1.83 bits per heavy atom. The third kappa shape index (κ3) is 4.63. The lowest BCUT2D eigenvalue weighted by molar-refractivity contribution is -0.119. The topological polar surface area (TPSA) is 89.5 Å². The van der Waals surface area contributed by atoms with Crippen molar-refractivity contribution in [2.24, 2.45) is 0 Å². The van der Waals surface area contributed by atoms with Crippen molar-refractivity contribution < 1.29 is 27.1 Å². The van der Waals surface area contributed by atoms with Crippen LogP contribution in [0.2, 0.25) is 0 Å². The Labute approximate surface area is 138 Å². The van der Waals surface area contributed by atoms with Gasteiger partial charge in [-0.25, -0.2) is 17.6 Å². The van der Waals surface area contributed by atoms with Crippen LogP contribution in [0.15, 0.2) is 53.4 Å². The summed E-state index contributed by atoms with van der Waals surface area (Å²) in [4.78, 5) is 23.5. The molecule has 0 saturated carbocycles. The number of nitrogens with one attached hydrogen (secondary N) is 1. The molecule has 0 unspecified atom stereocenters. The van der Waals surface area contributed by atoms with Gasteiger partial charge in [-0.1, -0.05) is 18.2 Å². The van der Waals surface area contributed by atoms with E-state index in [-0.39, 0.29) is 16.1 Å². The number of amides is 1. The largest absolute Gasteiger partial charge is 0.452 e. The number of anilines is 1. The minimum atomic E-state index is -3.41. The maximum atomic E-state index is 13.4. The SMILES string of the molecule is CS(=O)(=O)c1cccc(NC(=O)COC(=O)c2ccccc2F)c1. The van der Waals surface area contributed by atoms with Gasteiger partial charge in [0.1, 0.15) is 5.82 Å². The van der Waals surface area contributed by atoms with Crippen molar-refractivity contribution in [3.8, 4) is 0 Å². The average molecular weight is 351 g/mol. The number of hydrogen-bond donors (Lipinski definition) is 1. The molecule has 1 N–H and O–H groups in total. The third-order valence-electron chi connectivity index (χ3n) is 2.97. The molecular formula is C16H14FNO5S. The summed E-state index contributed by atoms with van der Waals surface area (Å²) < 4.78 is 41.1. The molecule has 6 nitrogen and oxygen atoms in total. The average Bonchev–Trinajstić information content (AvgIpc) is 2.52. The number of ether oxygens (including phenoxy) is 1. The summed E-state index contributed by atoms with van der Waals surface area (Å²) in [6.45, 7) is -0.629. The maximum absolute atomic E-state index is 13.4. The zero-order valence-corrected chi connectivity index (χ0v) is 13.5. The van der Waals surface area contributed by atoms with Crippen molar-refractivity contribution in [2.45, 2.75) is 4.90 Å². The van der Waals surface area contributed by atoms with Gasteiger partial charge < -0.3 is 10.1 Å². The van der Waals surface area contributed by atoms with Crippen molar-refractivity contribution >= 4 is 27.4 Å². The van der Waals surface area contributed by atoms with Crippen LogP contribution in [0.5, 0.6) is 0 Å². The molecule has 126 valence electrons. The standard InChI is InChI=1S/C16H14FNO5S/c1-24(21,22)12-6-4-5-11(9-12)18-15(19)10-23-16(20)13-7-2-3-8-14(13)17/h2-9H,10H2,1H3,(H,18,19). The van der Waals surface area contributed by atoms with Crippen LogP contribution in [0.1, 0.15) is 10.4 Å². The van der Waals surface area contributed by atoms with Gasteiger partial charge in [0.05, 0.1) is 10.5 Å². The van der Waals surface area contributed by atoms with E-state index in [9.17, 15) is 22.4 Å². The summed E-state index contributed by atoms with van der Waals surface area (Å²) >= 11 is 0. The lowest BCUT2D eigenvalue weighted by atomic mass is 10.2. The lowest BCUT2D eigenvalue weighted by Gasteiger charge is -2.08. The van der Waals surface area contributed by atoms with Crippen LogP contribution in [0.4, 0.5) is 10.1 Å². The van der Waals surface area contributed by atoms with Gasteiger partial charge in [-0.3, -0.25) is 4.79 Å². The van der Waals surface area contributed by atoms with Crippen molar-refractivity contribution in [1.82, 2.24) is 0 Å². The molecule has 0 aliphatic carbocycles. The molecule has 0 spiro atoms.